The molecular weight excluding hydrogens is 272 g/mol. The molecule has 1 aromatic heterocycles. The fourth-order valence-corrected chi connectivity index (χ4v) is 2.69. The normalized spacial score (nSPS) is 15.2. The minimum absolute atomic E-state index is 0.327. The number of aromatic nitrogens is 2. The summed E-state index contributed by atoms with van der Waals surface area (Å²) in [6, 6.07) is 18.6. The number of imidazole rings is 1. The van der Waals surface area contributed by atoms with Crippen LogP contribution >= 0.6 is 0 Å². The smallest absolute Gasteiger partial charge is 0.165 e. The third-order valence-corrected chi connectivity index (χ3v) is 4.26. The van der Waals surface area contributed by atoms with Crippen molar-refractivity contribution >= 4 is 0 Å². The van der Waals surface area contributed by atoms with Crippen LogP contribution in [0.5, 0.6) is 0 Å². The van der Waals surface area contributed by atoms with Crippen molar-refractivity contribution in [2.24, 2.45) is 0 Å². The molecular formula is C19H20N2O. The quantitative estimate of drug-likeness (QED) is 0.795. The van der Waals surface area contributed by atoms with Crippen molar-refractivity contribution in [2.45, 2.75) is 25.5 Å². The Labute approximate surface area is 130 Å². The fraction of sp³-hybridized carbons (Fsp3) is 0.211. The van der Waals surface area contributed by atoms with E-state index >= 15 is 0 Å². The molecule has 22 heavy (non-hydrogen) atoms. The van der Waals surface area contributed by atoms with E-state index in [1.165, 1.54) is 11.1 Å². The molecule has 0 aliphatic heterocycles. The van der Waals surface area contributed by atoms with E-state index in [0.29, 0.717) is 5.92 Å². The fourth-order valence-electron chi connectivity index (χ4n) is 2.69. The zero-order valence-electron chi connectivity index (χ0n) is 12.8. The summed E-state index contributed by atoms with van der Waals surface area (Å²) >= 11 is 0. The van der Waals surface area contributed by atoms with E-state index in [2.05, 4.69) is 48.3 Å². The summed E-state index contributed by atoms with van der Waals surface area (Å²) in [5, 5.41) is 10.7. The van der Waals surface area contributed by atoms with Crippen LogP contribution in [0.15, 0.2) is 73.3 Å². The maximum absolute atomic E-state index is 10.7. The lowest BCUT2D eigenvalue weighted by Crippen LogP contribution is -2.29. The van der Waals surface area contributed by atoms with Gasteiger partial charge in [0.1, 0.15) is 0 Å². The number of hydrogen-bond acceptors (Lipinski definition) is 2. The molecule has 0 aliphatic rings. The van der Waals surface area contributed by atoms with Crippen LogP contribution in [-0.2, 0) is 5.72 Å². The first-order valence-electron chi connectivity index (χ1n) is 7.45. The topological polar surface area (TPSA) is 38.0 Å². The van der Waals surface area contributed by atoms with Gasteiger partial charge in [0, 0.05) is 23.9 Å². The molecule has 0 saturated heterocycles. The van der Waals surface area contributed by atoms with Gasteiger partial charge in [-0.15, -0.1) is 0 Å². The highest BCUT2D eigenvalue weighted by Crippen LogP contribution is 2.27. The molecule has 0 aliphatic carbocycles. The Morgan fingerprint density at radius 3 is 2.23 bits per heavy atom. The molecule has 0 fully saturated rings. The van der Waals surface area contributed by atoms with E-state index in [1.54, 1.807) is 30.2 Å². The molecule has 0 bridgehead atoms. The van der Waals surface area contributed by atoms with Gasteiger partial charge in [0.25, 0.3) is 0 Å². The third kappa shape index (κ3) is 2.68. The molecule has 3 nitrogen and oxygen atoms in total. The van der Waals surface area contributed by atoms with Gasteiger partial charge in [-0.25, -0.2) is 4.98 Å². The Morgan fingerprint density at radius 2 is 1.64 bits per heavy atom. The molecule has 0 radical (unpaired) electrons. The van der Waals surface area contributed by atoms with Crippen LogP contribution in [0.4, 0.5) is 0 Å². The van der Waals surface area contributed by atoms with Crippen molar-refractivity contribution < 1.29 is 5.11 Å². The Bertz CT molecular complexity index is 716. The Morgan fingerprint density at radius 1 is 1.00 bits per heavy atom. The van der Waals surface area contributed by atoms with Gasteiger partial charge in [-0.05, 0) is 18.1 Å². The molecule has 112 valence electrons. The molecule has 2 atom stereocenters. The van der Waals surface area contributed by atoms with Crippen LogP contribution in [0.25, 0.3) is 0 Å². The van der Waals surface area contributed by atoms with Crippen LogP contribution in [-0.4, -0.2) is 14.7 Å². The van der Waals surface area contributed by atoms with Crippen molar-refractivity contribution in [3.63, 3.8) is 0 Å². The predicted octanol–water partition coefficient (Wildman–Crippen LogP) is 3.75. The zero-order valence-corrected chi connectivity index (χ0v) is 12.8. The van der Waals surface area contributed by atoms with Gasteiger partial charge in [0.15, 0.2) is 5.72 Å². The second-order valence-corrected chi connectivity index (χ2v) is 5.75. The van der Waals surface area contributed by atoms with Crippen LogP contribution in [0.2, 0.25) is 0 Å². The van der Waals surface area contributed by atoms with E-state index in [4.69, 9.17) is 0 Å². The first-order chi connectivity index (χ1) is 10.6. The van der Waals surface area contributed by atoms with Crippen molar-refractivity contribution in [2.75, 3.05) is 0 Å². The lowest BCUT2D eigenvalue weighted by molar-refractivity contribution is 0.0252. The van der Waals surface area contributed by atoms with E-state index in [-0.39, 0.29) is 0 Å². The number of rotatable bonds is 4. The van der Waals surface area contributed by atoms with E-state index in [0.717, 1.165) is 5.56 Å². The van der Waals surface area contributed by atoms with E-state index in [1.807, 2.05) is 18.2 Å². The molecule has 1 heterocycles. The molecule has 0 amide bonds. The number of benzene rings is 2. The SMILES string of the molecule is CC(c1ccccc1)c1ccc(C(C)(O)n2ccnc2)cc1. The van der Waals surface area contributed by atoms with Gasteiger partial charge in [-0.2, -0.15) is 0 Å². The number of aliphatic hydroxyl groups is 1. The van der Waals surface area contributed by atoms with Gasteiger partial charge < -0.3 is 9.67 Å². The lowest BCUT2D eigenvalue weighted by atomic mass is 9.91. The van der Waals surface area contributed by atoms with Gasteiger partial charge in [-0.3, -0.25) is 0 Å². The highest BCUT2D eigenvalue weighted by atomic mass is 16.3. The molecule has 2 unspecified atom stereocenters. The van der Waals surface area contributed by atoms with Crippen LogP contribution in [0.1, 0.15) is 36.5 Å². The minimum Gasteiger partial charge on any atom is -0.367 e. The second kappa shape index (κ2) is 5.78. The van der Waals surface area contributed by atoms with Crippen molar-refractivity contribution in [1.29, 1.82) is 0 Å². The summed E-state index contributed by atoms with van der Waals surface area (Å²) in [7, 11) is 0. The summed E-state index contributed by atoms with van der Waals surface area (Å²) in [6.45, 7) is 3.96. The van der Waals surface area contributed by atoms with Gasteiger partial charge in [-0.1, -0.05) is 61.5 Å². The summed E-state index contributed by atoms with van der Waals surface area (Å²) in [5.41, 5.74) is 2.27. The third-order valence-electron chi connectivity index (χ3n) is 4.26. The summed E-state index contributed by atoms with van der Waals surface area (Å²) < 4.78 is 1.70. The first-order valence-corrected chi connectivity index (χ1v) is 7.45. The number of hydrogen-bond donors (Lipinski definition) is 1. The van der Waals surface area contributed by atoms with Crippen molar-refractivity contribution in [1.82, 2.24) is 9.55 Å². The van der Waals surface area contributed by atoms with E-state index < -0.39 is 5.72 Å². The summed E-state index contributed by atoms with van der Waals surface area (Å²) in [5.74, 6) is 0.327. The highest BCUT2D eigenvalue weighted by molar-refractivity contribution is 5.34. The molecule has 3 rings (SSSR count). The lowest BCUT2D eigenvalue weighted by Gasteiger charge is -2.26. The molecule has 0 saturated carbocycles. The van der Waals surface area contributed by atoms with Gasteiger partial charge in [0.05, 0.1) is 6.33 Å². The molecule has 3 aromatic rings. The van der Waals surface area contributed by atoms with Crippen LogP contribution < -0.4 is 0 Å². The second-order valence-electron chi connectivity index (χ2n) is 5.75. The molecule has 3 heteroatoms. The minimum atomic E-state index is -1.09. The Kier molecular flexibility index (Phi) is 3.82. The summed E-state index contributed by atoms with van der Waals surface area (Å²) in [4.78, 5) is 4.00. The maximum Gasteiger partial charge on any atom is 0.165 e. The maximum atomic E-state index is 10.7. The van der Waals surface area contributed by atoms with Gasteiger partial charge >= 0.3 is 0 Å². The van der Waals surface area contributed by atoms with Crippen LogP contribution in [0.3, 0.4) is 0 Å². The van der Waals surface area contributed by atoms with Gasteiger partial charge in [0.2, 0.25) is 0 Å². The molecule has 1 N–H and O–H groups in total. The number of nitrogens with zero attached hydrogens (tertiary/aromatic N) is 2. The first kappa shape index (κ1) is 14.5. The van der Waals surface area contributed by atoms with Crippen molar-refractivity contribution in [3.8, 4) is 0 Å². The predicted molar refractivity (Wildman–Crippen MR) is 87.6 cm³/mol. The Hall–Kier alpha value is -2.39. The molecule has 0 spiro atoms. The van der Waals surface area contributed by atoms with Crippen LogP contribution in [0, 0.1) is 0 Å². The Balaban J connectivity index is 1.87. The highest BCUT2D eigenvalue weighted by Gasteiger charge is 2.24. The monoisotopic (exact) mass is 292 g/mol. The summed E-state index contributed by atoms with van der Waals surface area (Å²) in [6.07, 6.45) is 5.06. The van der Waals surface area contributed by atoms with Crippen molar-refractivity contribution in [3.05, 3.63) is 90.0 Å². The average Bonchev–Trinajstić information content (AvgIpc) is 3.10. The standard InChI is InChI=1S/C19H20N2O/c1-15(16-6-4-3-5-7-16)17-8-10-18(11-9-17)19(2,22)21-13-12-20-14-21/h3-15,22H,1-2H3. The van der Waals surface area contributed by atoms with E-state index in [9.17, 15) is 5.11 Å². The molecule has 2 aromatic carbocycles. The zero-order chi connectivity index (χ0) is 15.6. The average molecular weight is 292 g/mol. The largest absolute Gasteiger partial charge is 0.367 e.